The molecule has 0 bridgehead atoms. The van der Waals surface area contributed by atoms with Crippen molar-refractivity contribution in [3.8, 4) is 0 Å². The van der Waals surface area contributed by atoms with Gasteiger partial charge < -0.3 is 5.32 Å². The largest absolute Gasteiger partial charge is 0.384 e. The van der Waals surface area contributed by atoms with E-state index in [9.17, 15) is 0 Å². The van der Waals surface area contributed by atoms with E-state index in [0.29, 0.717) is 0 Å². The van der Waals surface area contributed by atoms with Crippen molar-refractivity contribution in [1.82, 2.24) is 4.98 Å². The maximum Gasteiger partial charge on any atom is 0.0757 e. The number of aryl methyl sites for hydroxylation is 3. The molecule has 0 aliphatic carbocycles. The average Bonchev–Trinajstić information content (AvgIpc) is 2.35. The molecule has 2 nitrogen and oxygen atoms in total. The maximum absolute atomic E-state index is 4.81. The van der Waals surface area contributed by atoms with Gasteiger partial charge in [-0.15, -0.1) is 0 Å². The van der Waals surface area contributed by atoms with Gasteiger partial charge >= 0.3 is 0 Å². The molecule has 2 aromatic rings. The number of hydrogen-bond acceptors (Lipinski definition) is 2. The molecular formula is C16H22N2. The summed E-state index contributed by atoms with van der Waals surface area (Å²) in [6.45, 7) is 11.7. The highest BCUT2D eigenvalue weighted by Gasteiger charge is 2.12. The van der Waals surface area contributed by atoms with Crippen LogP contribution in [0, 0.1) is 20.8 Å². The molecule has 0 amide bonds. The van der Waals surface area contributed by atoms with E-state index >= 15 is 0 Å². The summed E-state index contributed by atoms with van der Waals surface area (Å²) in [6, 6.07) is 4.39. The predicted molar refractivity (Wildman–Crippen MR) is 79.5 cm³/mol. The number of rotatable bonds is 3. The molecule has 0 radical (unpaired) electrons. The molecule has 96 valence electrons. The number of anilines is 1. The van der Waals surface area contributed by atoms with Gasteiger partial charge in [0.15, 0.2) is 0 Å². The fourth-order valence-corrected chi connectivity index (χ4v) is 2.54. The van der Waals surface area contributed by atoms with Crippen LogP contribution < -0.4 is 5.32 Å². The van der Waals surface area contributed by atoms with Gasteiger partial charge in [-0.05, 0) is 50.8 Å². The Balaban J connectivity index is 2.86. The van der Waals surface area contributed by atoms with Crippen molar-refractivity contribution in [2.75, 3.05) is 11.9 Å². The molecule has 0 fully saturated rings. The third-order valence-corrected chi connectivity index (χ3v) is 3.70. The summed E-state index contributed by atoms with van der Waals surface area (Å²) in [5.74, 6) is 0. The fourth-order valence-electron chi connectivity index (χ4n) is 2.54. The fraction of sp³-hybridized carbons (Fsp3) is 0.438. The van der Waals surface area contributed by atoms with Crippen molar-refractivity contribution in [2.24, 2.45) is 0 Å². The van der Waals surface area contributed by atoms with E-state index in [-0.39, 0.29) is 0 Å². The number of aromatic nitrogens is 1. The topological polar surface area (TPSA) is 24.9 Å². The van der Waals surface area contributed by atoms with Crippen LogP contribution in [0.25, 0.3) is 10.9 Å². The molecule has 0 saturated heterocycles. The Hall–Kier alpha value is -1.57. The van der Waals surface area contributed by atoms with E-state index in [2.05, 4.69) is 52.1 Å². The minimum Gasteiger partial charge on any atom is -0.384 e. The first-order valence-electron chi connectivity index (χ1n) is 6.73. The van der Waals surface area contributed by atoms with Gasteiger partial charge in [0.1, 0.15) is 0 Å². The first-order chi connectivity index (χ1) is 8.60. The Morgan fingerprint density at radius 3 is 2.44 bits per heavy atom. The lowest BCUT2D eigenvalue weighted by atomic mass is 9.99. The molecule has 1 aromatic carbocycles. The molecule has 0 aliphatic rings. The Bertz CT molecular complexity index is 585. The van der Waals surface area contributed by atoms with Gasteiger partial charge in [0.05, 0.1) is 5.52 Å². The maximum atomic E-state index is 4.81. The zero-order valence-corrected chi connectivity index (χ0v) is 12.0. The lowest BCUT2D eigenvalue weighted by molar-refractivity contribution is 1.05. The summed E-state index contributed by atoms with van der Waals surface area (Å²) in [4.78, 5) is 4.81. The highest BCUT2D eigenvalue weighted by atomic mass is 14.9. The first-order valence-corrected chi connectivity index (χ1v) is 6.73. The minimum atomic E-state index is 0.943. The normalized spacial score (nSPS) is 10.9. The molecular weight excluding hydrogens is 220 g/mol. The average molecular weight is 242 g/mol. The number of benzene rings is 1. The second kappa shape index (κ2) is 4.97. The van der Waals surface area contributed by atoms with Crippen LogP contribution in [-0.2, 0) is 6.42 Å². The van der Waals surface area contributed by atoms with E-state index in [1.807, 2.05) is 0 Å². The van der Waals surface area contributed by atoms with Crippen LogP contribution in [-0.4, -0.2) is 11.5 Å². The third kappa shape index (κ3) is 1.96. The monoisotopic (exact) mass is 242 g/mol. The Morgan fingerprint density at radius 1 is 1.11 bits per heavy atom. The van der Waals surface area contributed by atoms with Gasteiger partial charge in [-0.25, -0.2) is 0 Å². The zero-order valence-electron chi connectivity index (χ0n) is 12.0. The second-order valence-electron chi connectivity index (χ2n) is 4.84. The number of hydrogen-bond donors (Lipinski definition) is 1. The van der Waals surface area contributed by atoms with Gasteiger partial charge in [-0.3, -0.25) is 4.98 Å². The van der Waals surface area contributed by atoms with Gasteiger partial charge in [0, 0.05) is 23.3 Å². The second-order valence-corrected chi connectivity index (χ2v) is 4.84. The third-order valence-electron chi connectivity index (χ3n) is 3.70. The number of nitrogens with one attached hydrogen (secondary N) is 1. The molecule has 1 N–H and O–H groups in total. The summed E-state index contributed by atoms with van der Waals surface area (Å²) >= 11 is 0. The molecule has 0 spiro atoms. The molecule has 1 heterocycles. The highest BCUT2D eigenvalue weighted by molar-refractivity contribution is 5.95. The van der Waals surface area contributed by atoms with Crippen LogP contribution in [0.2, 0.25) is 0 Å². The van der Waals surface area contributed by atoms with Crippen LogP contribution in [0.4, 0.5) is 5.69 Å². The van der Waals surface area contributed by atoms with Crippen molar-refractivity contribution >= 4 is 16.6 Å². The Morgan fingerprint density at radius 2 is 1.83 bits per heavy atom. The van der Waals surface area contributed by atoms with Crippen LogP contribution in [0.5, 0.6) is 0 Å². The van der Waals surface area contributed by atoms with Crippen LogP contribution in [0.3, 0.4) is 0 Å². The van der Waals surface area contributed by atoms with Crippen molar-refractivity contribution < 1.29 is 0 Å². The lowest BCUT2D eigenvalue weighted by Crippen LogP contribution is -2.05. The SMILES string of the molecule is CCNc1c(CC)c(C)nc2c(C)c(C)ccc12. The van der Waals surface area contributed by atoms with E-state index in [4.69, 9.17) is 4.98 Å². The standard InChI is InChI=1S/C16H22N2/c1-6-13-12(5)18-15-11(4)10(3)8-9-14(15)16(13)17-7-2/h8-9H,6-7H2,1-5H3,(H,17,18). The van der Waals surface area contributed by atoms with Crippen molar-refractivity contribution in [1.29, 1.82) is 0 Å². The summed E-state index contributed by atoms with van der Waals surface area (Å²) in [6.07, 6.45) is 1.02. The number of nitrogens with zero attached hydrogens (tertiary/aromatic N) is 1. The molecule has 0 atom stereocenters. The lowest BCUT2D eigenvalue weighted by Gasteiger charge is -2.17. The van der Waals surface area contributed by atoms with Gasteiger partial charge in [-0.1, -0.05) is 19.1 Å². The Labute approximate surface area is 109 Å². The summed E-state index contributed by atoms with van der Waals surface area (Å²) in [5, 5.41) is 4.77. The predicted octanol–water partition coefficient (Wildman–Crippen LogP) is 4.15. The van der Waals surface area contributed by atoms with E-state index in [0.717, 1.165) is 24.2 Å². The van der Waals surface area contributed by atoms with E-state index < -0.39 is 0 Å². The molecule has 2 heteroatoms. The highest BCUT2D eigenvalue weighted by Crippen LogP contribution is 2.31. The smallest absolute Gasteiger partial charge is 0.0757 e. The van der Waals surface area contributed by atoms with E-state index in [1.165, 1.54) is 27.8 Å². The Kier molecular flexibility index (Phi) is 3.55. The first kappa shape index (κ1) is 12.9. The van der Waals surface area contributed by atoms with Crippen LogP contribution in [0.1, 0.15) is 36.2 Å². The quantitative estimate of drug-likeness (QED) is 0.874. The van der Waals surface area contributed by atoms with Gasteiger partial charge in [0.2, 0.25) is 0 Å². The van der Waals surface area contributed by atoms with E-state index in [1.54, 1.807) is 0 Å². The van der Waals surface area contributed by atoms with Gasteiger partial charge in [-0.2, -0.15) is 0 Å². The van der Waals surface area contributed by atoms with Crippen molar-refractivity contribution in [3.63, 3.8) is 0 Å². The molecule has 0 unspecified atom stereocenters. The van der Waals surface area contributed by atoms with Crippen LogP contribution >= 0.6 is 0 Å². The zero-order chi connectivity index (χ0) is 13.3. The summed E-state index contributed by atoms with van der Waals surface area (Å²) in [7, 11) is 0. The summed E-state index contributed by atoms with van der Waals surface area (Å²) < 4.78 is 0. The van der Waals surface area contributed by atoms with Gasteiger partial charge in [0.25, 0.3) is 0 Å². The van der Waals surface area contributed by atoms with Crippen LogP contribution in [0.15, 0.2) is 12.1 Å². The molecule has 2 rings (SSSR count). The molecule has 18 heavy (non-hydrogen) atoms. The van der Waals surface area contributed by atoms with Crippen molar-refractivity contribution in [3.05, 3.63) is 34.5 Å². The molecule has 0 saturated carbocycles. The molecule has 0 aliphatic heterocycles. The molecule has 1 aromatic heterocycles. The van der Waals surface area contributed by atoms with Crippen molar-refractivity contribution in [2.45, 2.75) is 41.0 Å². The number of fused-ring (bicyclic) bond motifs is 1. The number of pyridine rings is 1. The summed E-state index contributed by atoms with van der Waals surface area (Å²) in [5.41, 5.74) is 7.49. The minimum absolute atomic E-state index is 0.943.